The van der Waals surface area contributed by atoms with E-state index in [2.05, 4.69) is 0 Å². The second-order valence-corrected chi connectivity index (χ2v) is 10.3. The molecule has 0 spiro atoms. The van der Waals surface area contributed by atoms with Gasteiger partial charge in [-0.25, -0.2) is 0 Å². The Morgan fingerprint density at radius 1 is 0.550 bits per heavy atom. The Bertz CT molecular complexity index is 743. The van der Waals surface area contributed by atoms with E-state index in [1.165, 1.54) is 14.2 Å². The van der Waals surface area contributed by atoms with Gasteiger partial charge in [-0.1, -0.05) is 0 Å². The lowest BCUT2D eigenvalue weighted by atomic mass is 9.84. The summed E-state index contributed by atoms with van der Waals surface area (Å²) in [4.78, 5) is 0. The minimum atomic E-state index is -0.894. The Morgan fingerprint density at radius 2 is 1.00 bits per heavy atom. The fourth-order valence-corrected chi connectivity index (χ4v) is 6.10. The highest BCUT2D eigenvalue weighted by Gasteiger charge is 2.53. The number of hydrogen-bond donors (Lipinski definition) is 4. The van der Waals surface area contributed by atoms with E-state index in [4.69, 9.17) is 75.0 Å². The van der Waals surface area contributed by atoms with Gasteiger partial charge in [0.2, 0.25) is 0 Å². The zero-order valence-corrected chi connectivity index (χ0v) is 24.6. The van der Waals surface area contributed by atoms with Crippen molar-refractivity contribution in [1.82, 2.24) is 0 Å². The van der Waals surface area contributed by atoms with Gasteiger partial charge in [-0.15, -0.1) is 0 Å². The summed E-state index contributed by atoms with van der Waals surface area (Å²) in [6.07, 6.45) is -7.28. The zero-order valence-electron chi connectivity index (χ0n) is 24.6. The maximum atomic E-state index is 6.57. The average molecular weight is 583 g/mol. The molecule has 3 rings (SSSR count). The molecule has 2 heterocycles. The van der Waals surface area contributed by atoms with E-state index in [0.717, 1.165) is 0 Å². The SMILES string of the molecule is COC[C@H]1O[C@H](O[C@H]2[C@H](OC)[C@@H](O[C@H]3O[C@H](CN)[C@@H](OC)[C@H](OC)[C@H]3OC)[C@H](N)C[C@@H]2N)[C@H](OC)[C@@H](N)[C@@H]1OC. The summed E-state index contributed by atoms with van der Waals surface area (Å²) in [5.41, 5.74) is 25.6. The fourth-order valence-electron chi connectivity index (χ4n) is 6.10. The predicted octanol–water partition coefficient (Wildman–Crippen LogP) is -2.71. The fraction of sp³-hybridized carbons (Fsp3) is 1.00. The third kappa shape index (κ3) is 6.96. The van der Waals surface area contributed by atoms with Crippen LogP contribution in [0.25, 0.3) is 0 Å². The van der Waals surface area contributed by atoms with Gasteiger partial charge in [-0.3, -0.25) is 0 Å². The van der Waals surface area contributed by atoms with Crippen LogP contribution in [0.5, 0.6) is 0 Å². The maximum Gasteiger partial charge on any atom is 0.187 e. The molecule has 0 aromatic heterocycles. The van der Waals surface area contributed by atoms with Crippen molar-refractivity contribution in [2.24, 2.45) is 22.9 Å². The molecule has 3 aliphatic rings. The first-order valence-corrected chi connectivity index (χ1v) is 13.5. The van der Waals surface area contributed by atoms with Crippen LogP contribution in [0.3, 0.4) is 0 Å². The molecule has 0 bridgehead atoms. The summed E-state index contributed by atoms with van der Waals surface area (Å²) >= 11 is 0. The Balaban J connectivity index is 1.84. The first-order chi connectivity index (χ1) is 19.2. The lowest BCUT2D eigenvalue weighted by molar-refractivity contribution is -0.340. The van der Waals surface area contributed by atoms with Crippen molar-refractivity contribution in [2.75, 3.05) is 62.9 Å². The number of methoxy groups -OCH3 is 7. The van der Waals surface area contributed by atoms with Crippen LogP contribution in [0.4, 0.5) is 0 Å². The Hall–Kier alpha value is -0.600. The summed E-state index contributed by atoms with van der Waals surface area (Å²) < 4.78 is 64.9. The van der Waals surface area contributed by atoms with Gasteiger partial charge < -0.3 is 75.0 Å². The monoisotopic (exact) mass is 582 g/mol. The van der Waals surface area contributed by atoms with Gasteiger partial charge in [0.1, 0.15) is 61.0 Å². The lowest BCUT2D eigenvalue weighted by Crippen LogP contribution is -2.69. The molecule has 15 heteroatoms. The molecule has 2 saturated heterocycles. The molecule has 1 aliphatic carbocycles. The molecule has 0 aromatic carbocycles. The topological polar surface area (TPSA) is 206 Å². The summed E-state index contributed by atoms with van der Waals surface area (Å²) in [5, 5.41) is 0. The molecule has 2 aliphatic heterocycles. The molecule has 3 fully saturated rings. The molecule has 0 amide bonds. The minimum absolute atomic E-state index is 0.179. The van der Waals surface area contributed by atoms with Crippen LogP contribution in [0.2, 0.25) is 0 Å². The second kappa shape index (κ2) is 15.7. The van der Waals surface area contributed by atoms with Crippen LogP contribution < -0.4 is 22.9 Å². The zero-order chi connectivity index (χ0) is 29.6. The predicted molar refractivity (Wildman–Crippen MR) is 141 cm³/mol. The maximum absolute atomic E-state index is 6.57. The first kappa shape index (κ1) is 33.9. The summed E-state index contributed by atoms with van der Waals surface area (Å²) in [6.45, 7) is 0.422. The van der Waals surface area contributed by atoms with Gasteiger partial charge in [0.15, 0.2) is 12.6 Å². The number of rotatable bonds is 13. The van der Waals surface area contributed by atoms with Gasteiger partial charge >= 0.3 is 0 Å². The van der Waals surface area contributed by atoms with Crippen molar-refractivity contribution in [2.45, 2.75) is 98.2 Å². The standard InChI is InChI=1S/C25H50N4O11/c1-30-10-14-18(31-2)15(29)20(33-4)24(38-14)39-16-11(27)8-12(28)17(21(16)34-5)40-25-23(36-7)22(35-6)19(32-3)13(9-26)37-25/h11-25H,8-10,26-29H2,1-7H3/t11-,12+,13+,14+,15-,16+,17-,18+,19+,20+,21-,22-,23+,24+,25+/m0/s1. The highest BCUT2D eigenvalue weighted by atomic mass is 16.7. The highest BCUT2D eigenvalue weighted by molar-refractivity contribution is 5.02. The summed E-state index contributed by atoms with van der Waals surface area (Å²) in [7, 11) is 10.9. The second-order valence-electron chi connectivity index (χ2n) is 10.3. The highest BCUT2D eigenvalue weighted by Crippen LogP contribution is 2.34. The Morgan fingerprint density at radius 3 is 1.45 bits per heavy atom. The number of nitrogens with two attached hydrogens (primary N) is 4. The minimum Gasteiger partial charge on any atom is -0.382 e. The molecule has 15 nitrogen and oxygen atoms in total. The number of ether oxygens (including phenoxy) is 11. The van der Waals surface area contributed by atoms with E-state index < -0.39 is 91.7 Å². The molecular weight excluding hydrogens is 532 g/mol. The van der Waals surface area contributed by atoms with E-state index in [1.807, 2.05) is 0 Å². The van der Waals surface area contributed by atoms with Gasteiger partial charge in [0.25, 0.3) is 0 Å². The van der Waals surface area contributed by atoms with E-state index >= 15 is 0 Å². The van der Waals surface area contributed by atoms with Crippen LogP contribution in [-0.2, 0) is 52.1 Å². The number of hydrogen-bond acceptors (Lipinski definition) is 15. The van der Waals surface area contributed by atoms with Crippen molar-refractivity contribution in [3.05, 3.63) is 0 Å². The van der Waals surface area contributed by atoms with Crippen molar-refractivity contribution in [3.8, 4) is 0 Å². The Kier molecular flexibility index (Phi) is 13.3. The van der Waals surface area contributed by atoms with Crippen LogP contribution in [0.1, 0.15) is 6.42 Å². The van der Waals surface area contributed by atoms with Crippen LogP contribution >= 0.6 is 0 Å². The van der Waals surface area contributed by atoms with Gasteiger partial charge in [0.05, 0.1) is 12.6 Å². The average Bonchev–Trinajstić information content (AvgIpc) is 2.94. The van der Waals surface area contributed by atoms with Gasteiger partial charge in [-0.05, 0) is 6.42 Å². The lowest BCUT2D eigenvalue weighted by Gasteiger charge is -2.50. The summed E-state index contributed by atoms with van der Waals surface area (Å²) in [5.74, 6) is 0. The molecule has 1 saturated carbocycles. The van der Waals surface area contributed by atoms with E-state index in [9.17, 15) is 0 Å². The molecule has 236 valence electrons. The van der Waals surface area contributed by atoms with Crippen molar-refractivity contribution in [1.29, 1.82) is 0 Å². The molecule has 0 radical (unpaired) electrons. The molecule has 15 atom stereocenters. The molecule has 40 heavy (non-hydrogen) atoms. The summed E-state index contributed by atoms with van der Waals surface area (Å²) in [6, 6.07) is -1.58. The van der Waals surface area contributed by atoms with Gasteiger partial charge in [0, 0.05) is 68.4 Å². The van der Waals surface area contributed by atoms with Gasteiger partial charge in [-0.2, -0.15) is 0 Å². The smallest absolute Gasteiger partial charge is 0.187 e. The normalized spacial score (nSPS) is 46.4. The quantitative estimate of drug-likeness (QED) is 0.174. The van der Waals surface area contributed by atoms with Crippen LogP contribution in [0, 0.1) is 0 Å². The van der Waals surface area contributed by atoms with Crippen molar-refractivity contribution < 1.29 is 52.1 Å². The first-order valence-electron chi connectivity index (χ1n) is 13.5. The largest absolute Gasteiger partial charge is 0.382 e. The molecule has 0 unspecified atom stereocenters. The third-order valence-electron chi connectivity index (χ3n) is 8.11. The van der Waals surface area contributed by atoms with Crippen LogP contribution in [-0.4, -0.2) is 155 Å². The molecule has 8 N–H and O–H groups in total. The van der Waals surface area contributed by atoms with E-state index in [1.54, 1.807) is 35.5 Å². The van der Waals surface area contributed by atoms with Crippen molar-refractivity contribution >= 4 is 0 Å². The third-order valence-corrected chi connectivity index (χ3v) is 8.11. The van der Waals surface area contributed by atoms with Crippen LogP contribution in [0.15, 0.2) is 0 Å². The van der Waals surface area contributed by atoms with Crippen molar-refractivity contribution in [3.63, 3.8) is 0 Å². The van der Waals surface area contributed by atoms with E-state index in [0.29, 0.717) is 6.42 Å². The Labute approximate surface area is 236 Å². The molecular formula is C25H50N4O11. The van der Waals surface area contributed by atoms with E-state index in [-0.39, 0.29) is 13.2 Å². The molecule has 0 aromatic rings.